The molecule has 0 aromatic carbocycles. The first kappa shape index (κ1) is 10.5. The number of carbonyl (C=O) groups excluding carboxylic acids is 1. The number of halogens is 1. The van der Waals surface area contributed by atoms with Crippen LogP contribution in [0.4, 0.5) is 0 Å². The van der Waals surface area contributed by atoms with Crippen LogP contribution in [-0.2, 0) is 0 Å². The minimum Gasteiger partial charge on any atom is -0.348 e. The van der Waals surface area contributed by atoms with E-state index in [2.05, 4.69) is 5.32 Å². The molecule has 2 nitrogen and oxygen atoms in total. The summed E-state index contributed by atoms with van der Waals surface area (Å²) in [7, 11) is 0. The van der Waals surface area contributed by atoms with Crippen molar-refractivity contribution < 1.29 is 4.79 Å². The Hall–Kier alpha value is -0.540. The number of amides is 1. The lowest BCUT2D eigenvalue weighted by atomic mass is 10.2. The summed E-state index contributed by atoms with van der Waals surface area (Å²) in [6.07, 6.45) is 0. The van der Waals surface area contributed by atoms with E-state index < -0.39 is 0 Å². The second kappa shape index (κ2) is 4.63. The topological polar surface area (TPSA) is 29.1 Å². The Balaban J connectivity index is 2.64. The van der Waals surface area contributed by atoms with E-state index in [0.717, 1.165) is 11.1 Å². The third-order valence-electron chi connectivity index (χ3n) is 1.71. The van der Waals surface area contributed by atoms with E-state index in [-0.39, 0.29) is 11.9 Å². The van der Waals surface area contributed by atoms with E-state index in [1.54, 1.807) is 0 Å². The lowest BCUT2D eigenvalue weighted by Crippen LogP contribution is -2.33. The molecule has 13 heavy (non-hydrogen) atoms. The Morgan fingerprint density at radius 1 is 1.69 bits per heavy atom. The normalized spacial score (nSPS) is 12.5. The van der Waals surface area contributed by atoms with Gasteiger partial charge in [-0.25, -0.2) is 0 Å². The van der Waals surface area contributed by atoms with Gasteiger partial charge in [0.1, 0.15) is 0 Å². The van der Waals surface area contributed by atoms with Gasteiger partial charge in [-0.15, -0.1) is 11.6 Å². The molecule has 0 fully saturated rings. The van der Waals surface area contributed by atoms with Crippen LogP contribution in [0, 0.1) is 6.92 Å². The fourth-order valence-corrected chi connectivity index (χ4v) is 1.84. The van der Waals surface area contributed by atoms with Crippen molar-refractivity contribution in [3.05, 3.63) is 21.9 Å². The van der Waals surface area contributed by atoms with Crippen LogP contribution in [0.2, 0.25) is 0 Å². The van der Waals surface area contributed by atoms with Crippen molar-refractivity contribution in [1.29, 1.82) is 0 Å². The number of alkyl halides is 1. The van der Waals surface area contributed by atoms with E-state index in [9.17, 15) is 4.79 Å². The quantitative estimate of drug-likeness (QED) is 0.775. The van der Waals surface area contributed by atoms with E-state index in [1.807, 2.05) is 24.6 Å². The molecule has 1 heterocycles. The van der Waals surface area contributed by atoms with Crippen molar-refractivity contribution in [2.75, 3.05) is 5.88 Å². The molecule has 0 saturated heterocycles. The van der Waals surface area contributed by atoms with Crippen LogP contribution in [0.3, 0.4) is 0 Å². The summed E-state index contributed by atoms with van der Waals surface area (Å²) in [5, 5.41) is 6.62. The highest BCUT2D eigenvalue weighted by Crippen LogP contribution is 2.13. The van der Waals surface area contributed by atoms with Gasteiger partial charge in [0, 0.05) is 17.3 Å². The van der Waals surface area contributed by atoms with Gasteiger partial charge in [0.05, 0.1) is 5.56 Å². The Morgan fingerprint density at radius 2 is 2.38 bits per heavy atom. The van der Waals surface area contributed by atoms with Crippen LogP contribution >= 0.6 is 22.9 Å². The van der Waals surface area contributed by atoms with E-state index in [4.69, 9.17) is 11.6 Å². The molecule has 0 spiro atoms. The van der Waals surface area contributed by atoms with E-state index in [1.165, 1.54) is 11.3 Å². The molecular weight excluding hydrogens is 206 g/mol. The molecule has 0 saturated carbocycles. The molecule has 0 aliphatic heterocycles. The zero-order chi connectivity index (χ0) is 9.84. The molecule has 1 aromatic heterocycles. The fourth-order valence-electron chi connectivity index (χ4n) is 0.933. The number of rotatable bonds is 3. The summed E-state index contributed by atoms with van der Waals surface area (Å²) in [6, 6.07) is 0.0217. The third-order valence-corrected chi connectivity index (χ3v) is 3.03. The predicted octanol–water partition coefficient (Wildman–Crippen LogP) is 2.41. The summed E-state index contributed by atoms with van der Waals surface area (Å²) in [4.78, 5) is 11.5. The number of thiophene rings is 1. The SMILES string of the molecule is Cc1cscc1C(=O)NC(C)CCl. The Kier molecular flexibility index (Phi) is 3.75. The molecule has 1 rings (SSSR count). The first-order valence-electron chi connectivity index (χ1n) is 4.04. The van der Waals surface area contributed by atoms with Crippen LogP contribution in [0.25, 0.3) is 0 Å². The van der Waals surface area contributed by atoms with Crippen molar-refractivity contribution in [2.45, 2.75) is 19.9 Å². The van der Waals surface area contributed by atoms with E-state index >= 15 is 0 Å². The minimum absolute atomic E-state index is 0.0217. The van der Waals surface area contributed by atoms with Crippen LogP contribution in [0.1, 0.15) is 22.8 Å². The highest BCUT2D eigenvalue weighted by molar-refractivity contribution is 7.08. The molecule has 0 aliphatic rings. The van der Waals surface area contributed by atoms with Crippen molar-refractivity contribution in [3.8, 4) is 0 Å². The van der Waals surface area contributed by atoms with Crippen LogP contribution in [-0.4, -0.2) is 17.8 Å². The van der Waals surface area contributed by atoms with Crippen LogP contribution in [0.15, 0.2) is 10.8 Å². The van der Waals surface area contributed by atoms with Crippen molar-refractivity contribution in [1.82, 2.24) is 5.32 Å². The smallest absolute Gasteiger partial charge is 0.252 e. The van der Waals surface area contributed by atoms with Gasteiger partial charge in [0.15, 0.2) is 0 Å². The highest BCUT2D eigenvalue weighted by Gasteiger charge is 2.11. The lowest BCUT2D eigenvalue weighted by molar-refractivity contribution is 0.0943. The summed E-state index contributed by atoms with van der Waals surface area (Å²) in [5.41, 5.74) is 1.77. The largest absolute Gasteiger partial charge is 0.348 e. The zero-order valence-electron chi connectivity index (χ0n) is 7.63. The van der Waals surface area contributed by atoms with E-state index in [0.29, 0.717) is 5.88 Å². The first-order chi connectivity index (χ1) is 6.15. The molecule has 1 N–H and O–H groups in total. The third kappa shape index (κ3) is 2.71. The average molecular weight is 218 g/mol. The average Bonchev–Trinajstić information content (AvgIpc) is 2.51. The van der Waals surface area contributed by atoms with Crippen molar-refractivity contribution in [2.24, 2.45) is 0 Å². The summed E-state index contributed by atoms with van der Waals surface area (Å²) in [6.45, 7) is 3.81. The summed E-state index contributed by atoms with van der Waals surface area (Å²) in [5.74, 6) is 0.404. The van der Waals surface area contributed by atoms with Gasteiger partial charge in [-0.2, -0.15) is 11.3 Å². The van der Waals surface area contributed by atoms with Gasteiger partial charge in [-0.3, -0.25) is 4.79 Å². The minimum atomic E-state index is -0.0353. The van der Waals surface area contributed by atoms with Gasteiger partial charge in [0.25, 0.3) is 5.91 Å². The number of nitrogens with one attached hydrogen (secondary N) is 1. The predicted molar refractivity (Wildman–Crippen MR) is 56.7 cm³/mol. The van der Waals surface area contributed by atoms with Gasteiger partial charge in [0.2, 0.25) is 0 Å². The Labute approximate surface area is 86.9 Å². The molecule has 0 aliphatic carbocycles. The number of hydrogen-bond acceptors (Lipinski definition) is 2. The Bertz CT molecular complexity index is 298. The maximum absolute atomic E-state index is 11.5. The Morgan fingerprint density at radius 3 is 2.85 bits per heavy atom. The maximum atomic E-state index is 11.5. The van der Waals surface area contributed by atoms with Gasteiger partial charge in [-0.1, -0.05) is 0 Å². The fraction of sp³-hybridized carbons (Fsp3) is 0.444. The molecule has 1 unspecified atom stereocenters. The highest BCUT2D eigenvalue weighted by atomic mass is 35.5. The van der Waals surface area contributed by atoms with Gasteiger partial charge < -0.3 is 5.32 Å². The number of carbonyl (C=O) groups is 1. The molecule has 0 radical (unpaired) electrons. The molecule has 72 valence electrons. The standard InChI is InChI=1S/C9H12ClNOS/c1-6-4-13-5-8(6)9(12)11-7(2)3-10/h4-5,7H,3H2,1-2H3,(H,11,12). The summed E-state index contributed by atoms with van der Waals surface area (Å²) < 4.78 is 0. The van der Waals surface area contributed by atoms with Crippen molar-refractivity contribution >= 4 is 28.8 Å². The molecule has 1 amide bonds. The summed E-state index contributed by atoms with van der Waals surface area (Å²) >= 11 is 7.12. The number of aryl methyl sites for hydroxylation is 1. The first-order valence-corrected chi connectivity index (χ1v) is 5.52. The second-order valence-electron chi connectivity index (χ2n) is 3.00. The van der Waals surface area contributed by atoms with Gasteiger partial charge in [-0.05, 0) is 24.8 Å². The lowest BCUT2D eigenvalue weighted by Gasteiger charge is -2.09. The molecule has 4 heteroatoms. The molecular formula is C9H12ClNOS. The van der Waals surface area contributed by atoms with Gasteiger partial charge >= 0.3 is 0 Å². The number of hydrogen-bond donors (Lipinski definition) is 1. The molecule has 1 aromatic rings. The molecule has 0 bridgehead atoms. The monoisotopic (exact) mass is 217 g/mol. The van der Waals surface area contributed by atoms with Crippen LogP contribution in [0.5, 0.6) is 0 Å². The van der Waals surface area contributed by atoms with Crippen molar-refractivity contribution in [3.63, 3.8) is 0 Å². The van der Waals surface area contributed by atoms with Crippen LogP contribution < -0.4 is 5.32 Å². The maximum Gasteiger partial charge on any atom is 0.252 e. The molecule has 1 atom stereocenters. The second-order valence-corrected chi connectivity index (χ2v) is 4.05. The zero-order valence-corrected chi connectivity index (χ0v) is 9.21.